The summed E-state index contributed by atoms with van der Waals surface area (Å²) in [4.78, 5) is 16.3. The van der Waals surface area contributed by atoms with Gasteiger partial charge in [-0.3, -0.25) is 9.89 Å². The summed E-state index contributed by atoms with van der Waals surface area (Å²) in [5.74, 6) is -0.233. The predicted octanol–water partition coefficient (Wildman–Crippen LogP) is 2.97. The molecule has 2 aromatic carbocycles. The Kier molecular flexibility index (Phi) is 4.26. The highest BCUT2D eigenvalue weighted by Crippen LogP contribution is 2.18. The zero-order valence-corrected chi connectivity index (χ0v) is 13.8. The maximum atomic E-state index is 12.4. The highest BCUT2D eigenvalue weighted by molar-refractivity contribution is 6.03. The number of amides is 1. The fraction of sp³-hybridized carbons (Fsp3) is 0.0526. The molecule has 2 N–H and O–H groups in total. The van der Waals surface area contributed by atoms with Gasteiger partial charge < -0.3 is 5.32 Å². The smallest absolute Gasteiger partial charge is 0.273 e. The molecule has 2 aromatic heterocycles. The third-order valence-corrected chi connectivity index (χ3v) is 3.91. The van der Waals surface area contributed by atoms with E-state index in [1.807, 2.05) is 54.6 Å². The minimum atomic E-state index is -0.233. The van der Waals surface area contributed by atoms with Crippen molar-refractivity contribution < 1.29 is 4.79 Å². The third kappa shape index (κ3) is 3.51. The van der Waals surface area contributed by atoms with Gasteiger partial charge in [-0.05, 0) is 23.8 Å². The highest BCUT2D eigenvalue weighted by atomic mass is 16.1. The van der Waals surface area contributed by atoms with Crippen LogP contribution in [0.15, 0.2) is 73.3 Å². The first-order valence-corrected chi connectivity index (χ1v) is 8.11. The molecular formula is C19H16N6O. The summed E-state index contributed by atoms with van der Waals surface area (Å²) >= 11 is 0. The number of aromatic nitrogens is 5. The van der Waals surface area contributed by atoms with Gasteiger partial charge in [-0.2, -0.15) is 10.2 Å². The molecule has 0 saturated heterocycles. The number of H-pyrrole nitrogens is 1. The second-order valence-corrected chi connectivity index (χ2v) is 5.78. The van der Waals surface area contributed by atoms with E-state index in [-0.39, 0.29) is 5.91 Å². The SMILES string of the molecule is O=C(Nc1ccc(Cn2cncn2)cc1)c1cc(-c2ccccc2)n[nH]1. The molecule has 1 amide bonds. The first-order chi connectivity index (χ1) is 12.8. The normalized spacial score (nSPS) is 10.6. The number of carbonyl (C=O) groups is 1. The van der Waals surface area contributed by atoms with Crippen LogP contribution in [0.5, 0.6) is 0 Å². The van der Waals surface area contributed by atoms with Crippen LogP contribution < -0.4 is 5.32 Å². The Balaban J connectivity index is 1.42. The molecule has 0 saturated carbocycles. The van der Waals surface area contributed by atoms with Gasteiger partial charge in [0.05, 0.1) is 12.2 Å². The molecule has 7 heteroatoms. The van der Waals surface area contributed by atoms with Gasteiger partial charge in [0.2, 0.25) is 0 Å². The van der Waals surface area contributed by atoms with Crippen LogP contribution in [0.3, 0.4) is 0 Å². The van der Waals surface area contributed by atoms with E-state index in [0.717, 1.165) is 16.8 Å². The second kappa shape index (κ2) is 7.02. The zero-order valence-electron chi connectivity index (χ0n) is 13.8. The lowest BCUT2D eigenvalue weighted by Crippen LogP contribution is -2.12. The van der Waals surface area contributed by atoms with Crippen molar-refractivity contribution >= 4 is 11.6 Å². The quantitative estimate of drug-likeness (QED) is 0.582. The van der Waals surface area contributed by atoms with Crippen molar-refractivity contribution in [2.75, 3.05) is 5.32 Å². The monoisotopic (exact) mass is 344 g/mol. The predicted molar refractivity (Wildman–Crippen MR) is 97.5 cm³/mol. The molecule has 0 unspecified atom stereocenters. The van der Waals surface area contributed by atoms with Crippen LogP contribution in [0.2, 0.25) is 0 Å². The Bertz CT molecular complexity index is 990. The van der Waals surface area contributed by atoms with E-state index >= 15 is 0 Å². The average molecular weight is 344 g/mol. The highest BCUT2D eigenvalue weighted by Gasteiger charge is 2.11. The summed E-state index contributed by atoms with van der Waals surface area (Å²) in [7, 11) is 0. The number of nitrogens with one attached hydrogen (secondary N) is 2. The molecule has 2 heterocycles. The lowest BCUT2D eigenvalue weighted by atomic mass is 10.1. The number of anilines is 1. The fourth-order valence-corrected chi connectivity index (χ4v) is 2.59. The number of carbonyl (C=O) groups excluding carboxylic acids is 1. The van der Waals surface area contributed by atoms with E-state index in [1.54, 1.807) is 17.1 Å². The van der Waals surface area contributed by atoms with Gasteiger partial charge in [0.25, 0.3) is 5.91 Å². The lowest BCUT2D eigenvalue weighted by molar-refractivity contribution is 0.102. The molecule has 0 radical (unpaired) electrons. The molecule has 0 bridgehead atoms. The van der Waals surface area contributed by atoms with Crippen LogP contribution in [0.25, 0.3) is 11.3 Å². The van der Waals surface area contributed by atoms with Crippen LogP contribution >= 0.6 is 0 Å². The van der Waals surface area contributed by atoms with E-state index < -0.39 is 0 Å². The molecule has 0 spiro atoms. The molecule has 0 fully saturated rings. The van der Waals surface area contributed by atoms with Crippen molar-refractivity contribution in [1.82, 2.24) is 25.0 Å². The fourth-order valence-electron chi connectivity index (χ4n) is 2.59. The van der Waals surface area contributed by atoms with E-state index in [9.17, 15) is 4.79 Å². The molecule has 4 rings (SSSR count). The summed E-state index contributed by atoms with van der Waals surface area (Å²) in [6.07, 6.45) is 3.17. The van der Waals surface area contributed by atoms with Crippen molar-refractivity contribution in [3.63, 3.8) is 0 Å². The van der Waals surface area contributed by atoms with Crippen LogP contribution in [-0.4, -0.2) is 30.9 Å². The van der Waals surface area contributed by atoms with Gasteiger partial charge in [-0.25, -0.2) is 9.67 Å². The number of hydrogen-bond acceptors (Lipinski definition) is 4. The van der Waals surface area contributed by atoms with Crippen molar-refractivity contribution in [1.29, 1.82) is 0 Å². The molecule has 7 nitrogen and oxygen atoms in total. The summed E-state index contributed by atoms with van der Waals surface area (Å²) in [6.45, 7) is 0.634. The molecule has 0 atom stereocenters. The molecular weight excluding hydrogens is 328 g/mol. The lowest BCUT2D eigenvalue weighted by Gasteiger charge is -2.05. The van der Waals surface area contributed by atoms with Gasteiger partial charge in [0.1, 0.15) is 18.3 Å². The Morgan fingerprint density at radius 2 is 1.88 bits per heavy atom. The number of nitrogens with zero attached hydrogens (tertiary/aromatic N) is 4. The topological polar surface area (TPSA) is 88.5 Å². The molecule has 0 aliphatic heterocycles. The number of hydrogen-bond donors (Lipinski definition) is 2. The second-order valence-electron chi connectivity index (χ2n) is 5.78. The van der Waals surface area contributed by atoms with Gasteiger partial charge in [-0.1, -0.05) is 42.5 Å². The van der Waals surface area contributed by atoms with Crippen molar-refractivity contribution in [2.45, 2.75) is 6.54 Å². The third-order valence-electron chi connectivity index (χ3n) is 3.91. The summed E-state index contributed by atoms with van der Waals surface area (Å²) < 4.78 is 1.74. The van der Waals surface area contributed by atoms with E-state index in [4.69, 9.17) is 0 Å². The summed E-state index contributed by atoms with van der Waals surface area (Å²) in [6, 6.07) is 19.1. The average Bonchev–Trinajstić information content (AvgIpc) is 3.36. The van der Waals surface area contributed by atoms with Gasteiger partial charge >= 0.3 is 0 Å². The van der Waals surface area contributed by atoms with Gasteiger partial charge in [-0.15, -0.1) is 0 Å². The van der Waals surface area contributed by atoms with E-state index in [1.165, 1.54) is 6.33 Å². The minimum Gasteiger partial charge on any atom is -0.321 e. The first kappa shape index (κ1) is 15.8. The van der Waals surface area contributed by atoms with Crippen molar-refractivity contribution in [3.05, 3.63) is 84.6 Å². The van der Waals surface area contributed by atoms with Gasteiger partial charge in [0.15, 0.2) is 0 Å². The van der Waals surface area contributed by atoms with Crippen LogP contribution in [-0.2, 0) is 6.54 Å². The zero-order chi connectivity index (χ0) is 17.8. The number of aromatic amines is 1. The molecule has 0 aliphatic rings. The largest absolute Gasteiger partial charge is 0.321 e. The summed E-state index contributed by atoms with van der Waals surface area (Å²) in [5, 5.41) is 13.9. The molecule has 0 aliphatic carbocycles. The van der Waals surface area contributed by atoms with Crippen molar-refractivity contribution in [3.8, 4) is 11.3 Å². The number of benzene rings is 2. The number of rotatable bonds is 5. The van der Waals surface area contributed by atoms with Crippen LogP contribution in [0.1, 0.15) is 16.1 Å². The van der Waals surface area contributed by atoms with Gasteiger partial charge in [0, 0.05) is 11.3 Å². The standard InChI is InChI=1S/C19H16N6O/c26-19(18-10-17(23-24-18)15-4-2-1-3-5-15)22-16-8-6-14(7-9-16)11-25-13-20-12-21-25/h1-10,12-13H,11H2,(H,22,26)(H,23,24). The van der Waals surface area contributed by atoms with Crippen molar-refractivity contribution in [2.24, 2.45) is 0 Å². The first-order valence-electron chi connectivity index (χ1n) is 8.11. The summed E-state index contributed by atoms with van der Waals surface area (Å²) in [5.41, 5.74) is 3.89. The Hall–Kier alpha value is -3.74. The molecule has 128 valence electrons. The van der Waals surface area contributed by atoms with E-state index in [0.29, 0.717) is 17.9 Å². The Morgan fingerprint density at radius 3 is 2.62 bits per heavy atom. The Labute approximate surface area is 149 Å². The minimum absolute atomic E-state index is 0.233. The molecule has 4 aromatic rings. The van der Waals surface area contributed by atoms with Crippen LogP contribution in [0.4, 0.5) is 5.69 Å². The van der Waals surface area contributed by atoms with Crippen LogP contribution in [0, 0.1) is 0 Å². The maximum Gasteiger partial charge on any atom is 0.273 e. The van der Waals surface area contributed by atoms with E-state index in [2.05, 4.69) is 25.6 Å². The molecule has 26 heavy (non-hydrogen) atoms. The maximum absolute atomic E-state index is 12.4. The Morgan fingerprint density at radius 1 is 1.08 bits per heavy atom.